The van der Waals surface area contributed by atoms with Gasteiger partial charge in [0.25, 0.3) is 17.7 Å². The Morgan fingerprint density at radius 2 is 1.88 bits per heavy atom. The number of nitrogens with two attached hydrogens (primary N) is 1. The van der Waals surface area contributed by atoms with E-state index in [-0.39, 0.29) is 35.5 Å². The molecule has 2 aromatic carbocycles. The number of aromatic nitrogens is 5. The molecular formula is C34H31N11O6. The summed E-state index contributed by atoms with van der Waals surface area (Å²) in [5.41, 5.74) is 9.26. The fraction of sp³-hybridized carbons (Fsp3) is 0.206. The van der Waals surface area contributed by atoms with Gasteiger partial charge in [-0.15, -0.1) is 0 Å². The molecule has 17 nitrogen and oxygen atoms in total. The number of nitrogens with one attached hydrogen (secondary N) is 3. The lowest BCUT2D eigenvalue weighted by molar-refractivity contribution is -0.136. The summed E-state index contributed by atoms with van der Waals surface area (Å²) in [6, 6.07) is 11.0. The zero-order chi connectivity index (χ0) is 35.6. The predicted molar refractivity (Wildman–Crippen MR) is 183 cm³/mol. The second kappa shape index (κ2) is 13.5. The van der Waals surface area contributed by atoms with Crippen molar-refractivity contribution >= 4 is 58.2 Å². The van der Waals surface area contributed by atoms with Crippen LogP contribution in [0.3, 0.4) is 0 Å². The third-order valence-electron chi connectivity index (χ3n) is 8.42. The Morgan fingerprint density at radius 1 is 1.06 bits per heavy atom. The summed E-state index contributed by atoms with van der Waals surface area (Å²) in [5, 5.41) is 8.27. The average molecular weight is 690 g/mol. The maximum absolute atomic E-state index is 13.2. The van der Waals surface area contributed by atoms with Gasteiger partial charge >= 0.3 is 0 Å². The summed E-state index contributed by atoms with van der Waals surface area (Å²) in [5.74, 6) is -2.10. The van der Waals surface area contributed by atoms with E-state index in [0.29, 0.717) is 35.9 Å². The minimum atomic E-state index is -1.10. The molecule has 5 N–H and O–H groups in total. The third kappa shape index (κ3) is 6.59. The first-order valence-electron chi connectivity index (χ1n) is 15.9. The smallest absolute Gasteiger partial charge is 0.266 e. The summed E-state index contributed by atoms with van der Waals surface area (Å²) in [7, 11) is 1.89. The number of nitrogens with zero attached hydrogens (tertiary/aromatic N) is 7. The zero-order valence-corrected chi connectivity index (χ0v) is 27.2. The lowest BCUT2D eigenvalue weighted by Crippen LogP contribution is -2.54. The van der Waals surface area contributed by atoms with E-state index in [1.165, 1.54) is 24.4 Å². The standard InChI is InChI=1S/C34H31N11O6/c1-43(20-7-5-19(6-8-20)39-30-31-38-12-14-44(31)17-23(41-30)22-15-36-16-26(35)40-22)13-11-37-28(47)18-51-25-4-2-3-21-29(25)34(50)45(33(21)49)24-9-10-27(46)42-32(24)48/h2-8,12,14-17,24H,9-11,13,18H2,1H3,(H2,35,40)(H,37,47)(H,39,41)(H,42,46,48). The van der Waals surface area contributed by atoms with Gasteiger partial charge in [0.05, 0.1) is 23.5 Å². The van der Waals surface area contributed by atoms with Gasteiger partial charge in [-0.05, 0) is 42.8 Å². The average Bonchev–Trinajstić information content (AvgIpc) is 3.70. The van der Waals surface area contributed by atoms with Gasteiger partial charge in [-0.1, -0.05) is 6.07 Å². The first kappa shape index (κ1) is 32.6. The third-order valence-corrected chi connectivity index (χ3v) is 8.42. The van der Waals surface area contributed by atoms with Crippen molar-refractivity contribution in [3.63, 3.8) is 0 Å². The minimum absolute atomic E-state index is 0.0104. The maximum Gasteiger partial charge on any atom is 0.266 e. The quantitative estimate of drug-likeness (QED) is 0.145. The highest BCUT2D eigenvalue weighted by Gasteiger charge is 2.46. The molecule has 2 aliphatic heterocycles. The van der Waals surface area contributed by atoms with Crippen LogP contribution in [0.15, 0.2) is 73.4 Å². The van der Waals surface area contributed by atoms with Crippen LogP contribution in [0.25, 0.3) is 17.0 Å². The number of hydrogen-bond acceptors (Lipinski definition) is 13. The van der Waals surface area contributed by atoms with Crippen molar-refractivity contribution < 1.29 is 28.7 Å². The molecule has 51 heavy (non-hydrogen) atoms. The van der Waals surface area contributed by atoms with E-state index in [1.807, 2.05) is 46.8 Å². The molecule has 17 heteroatoms. The second-order valence-electron chi connectivity index (χ2n) is 11.8. The number of hydrogen-bond donors (Lipinski definition) is 4. The van der Waals surface area contributed by atoms with Crippen molar-refractivity contribution in [1.82, 2.24) is 39.9 Å². The number of nitrogen functional groups attached to an aromatic ring is 1. The summed E-state index contributed by atoms with van der Waals surface area (Å²) in [6.07, 6.45) is 8.39. The first-order chi connectivity index (χ1) is 24.7. The Labute approximate surface area is 289 Å². The zero-order valence-electron chi connectivity index (χ0n) is 27.2. The van der Waals surface area contributed by atoms with Crippen LogP contribution in [0.1, 0.15) is 33.6 Å². The van der Waals surface area contributed by atoms with Gasteiger partial charge in [0.15, 0.2) is 18.1 Å². The van der Waals surface area contributed by atoms with E-state index in [9.17, 15) is 24.0 Å². The number of anilines is 4. The summed E-state index contributed by atoms with van der Waals surface area (Å²) in [4.78, 5) is 83.2. The monoisotopic (exact) mass is 689 g/mol. The molecular weight excluding hydrogens is 658 g/mol. The van der Waals surface area contributed by atoms with Crippen molar-refractivity contribution in [2.24, 2.45) is 0 Å². The van der Waals surface area contributed by atoms with Gasteiger partial charge in [-0.2, -0.15) is 0 Å². The van der Waals surface area contributed by atoms with Crippen LogP contribution >= 0.6 is 0 Å². The van der Waals surface area contributed by atoms with E-state index in [2.05, 4.69) is 30.9 Å². The SMILES string of the molecule is CN(CCNC(=O)COc1cccc2c1C(=O)N(C1CCC(=O)NC1=O)C2=O)c1ccc(Nc2nc(-c3cncc(N)n3)cn3ccnc23)cc1. The molecule has 3 aromatic heterocycles. The Bertz CT molecular complexity index is 2200. The highest BCUT2D eigenvalue weighted by molar-refractivity contribution is 6.24. The van der Waals surface area contributed by atoms with Crippen molar-refractivity contribution in [3.8, 4) is 17.1 Å². The van der Waals surface area contributed by atoms with Crippen LogP contribution in [0, 0.1) is 0 Å². The van der Waals surface area contributed by atoms with Crippen molar-refractivity contribution in [3.05, 3.63) is 84.6 Å². The molecule has 1 saturated heterocycles. The maximum atomic E-state index is 13.2. The molecule has 2 aliphatic rings. The topological polar surface area (TPSA) is 219 Å². The molecule has 0 saturated carbocycles. The van der Waals surface area contributed by atoms with E-state index in [4.69, 9.17) is 15.5 Å². The van der Waals surface area contributed by atoms with Gasteiger partial charge in [-0.3, -0.25) is 39.2 Å². The van der Waals surface area contributed by atoms with Crippen LogP contribution in [0.4, 0.5) is 23.0 Å². The van der Waals surface area contributed by atoms with Crippen LogP contribution in [-0.2, 0) is 14.4 Å². The molecule has 258 valence electrons. The lowest BCUT2D eigenvalue weighted by Gasteiger charge is -2.27. The van der Waals surface area contributed by atoms with E-state index in [1.54, 1.807) is 18.6 Å². The van der Waals surface area contributed by atoms with Gasteiger partial charge in [-0.25, -0.2) is 15.0 Å². The lowest BCUT2D eigenvalue weighted by atomic mass is 10.0. The van der Waals surface area contributed by atoms with Crippen molar-refractivity contribution in [2.45, 2.75) is 18.9 Å². The first-order valence-corrected chi connectivity index (χ1v) is 15.9. The largest absolute Gasteiger partial charge is 0.483 e. The number of amides is 5. The number of imidazole rings is 1. The Balaban J connectivity index is 0.923. The predicted octanol–water partition coefficient (Wildman–Crippen LogP) is 1.54. The van der Waals surface area contributed by atoms with Crippen LogP contribution in [0.5, 0.6) is 5.75 Å². The number of likely N-dealkylation sites (N-methyl/N-ethyl adjacent to an activating group) is 1. The molecule has 0 bridgehead atoms. The Morgan fingerprint density at radius 3 is 2.67 bits per heavy atom. The molecule has 0 aliphatic carbocycles. The number of carbonyl (C=O) groups excluding carboxylic acids is 5. The molecule has 7 rings (SSSR count). The van der Waals surface area contributed by atoms with Crippen molar-refractivity contribution in [1.29, 1.82) is 0 Å². The number of piperidine rings is 1. The minimum Gasteiger partial charge on any atom is -0.483 e. The van der Waals surface area contributed by atoms with Gasteiger partial charge in [0.1, 0.15) is 29.0 Å². The van der Waals surface area contributed by atoms with E-state index in [0.717, 1.165) is 16.3 Å². The number of carbonyl (C=O) groups is 5. The number of fused-ring (bicyclic) bond motifs is 2. The number of imide groups is 2. The summed E-state index contributed by atoms with van der Waals surface area (Å²) < 4.78 is 7.50. The Kier molecular flexibility index (Phi) is 8.66. The van der Waals surface area contributed by atoms with Crippen molar-refractivity contribution in [2.75, 3.05) is 42.7 Å². The molecule has 1 atom stereocenters. The number of benzene rings is 2. The highest BCUT2D eigenvalue weighted by atomic mass is 16.5. The molecule has 0 spiro atoms. The summed E-state index contributed by atoms with van der Waals surface area (Å²) >= 11 is 0. The van der Waals surface area contributed by atoms with E-state index < -0.39 is 42.2 Å². The van der Waals surface area contributed by atoms with Gasteiger partial charge < -0.3 is 30.4 Å². The molecule has 5 heterocycles. The molecule has 5 aromatic rings. The molecule has 0 radical (unpaired) electrons. The second-order valence-corrected chi connectivity index (χ2v) is 11.8. The fourth-order valence-electron chi connectivity index (χ4n) is 5.87. The van der Waals surface area contributed by atoms with Crippen LogP contribution < -0.4 is 31.3 Å². The number of rotatable bonds is 11. The van der Waals surface area contributed by atoms with Crippen LogP contribution in [0.2, 0.25) is 0 Å². The molecule has 1 unspecified atom stereocenters. The Hall–Kier alpha value is -6.91. The van der Waals surface area contributed by atoms with Crippen LogP contribution in [-0.4, -0.2) is 91.6 Å². The molecule has 5 amide bonds. The van der Waals surface area contributed by atoms with E-state index >= 15 is 0 Å². The normalized spacial score (nSPS) is 15.5. The highest BCUT2D eigenvalue weighted by Crippen LogP contribution is 2.33. The molecule has 1 fully saturated rings. The van der Waals surface area contributed by atoms with Gasteiger partial charge in [0, 0.05) is 56.5 Å². The summed E-state index contributed by atoms with van der Waals surface area (Å²) in [6.45, 7) is 0.379. The van der Waals surface area contributed by atoms with Gasteiger partial charge in [0.2, 0.25) is 11.8 Å². The number of ether oxygens (including phenoxy) is 1. The fourth-order valence-corrected chi connectivity index (χ4v) is 5.87.